The number of halogens is 4. The number of hydrogen-bond acceptors (Lipinski definition) is 1. The molecule has 1 atom stereocenters. The minimum Gasteiger partial charge on any atom is -0.324 e. The highest BCUT2D eigenvalue weighted by atomic mass is 19.4. The zero-order chi connectivity index (χ0) is 13.9. The maximum atomic E-state index is 13.7. The van der Waals surface area contributed by atoms with Crippen LogP contribution in [0.3, 0.4) is 0 Å². The minimum atomic E-state index is -4.70. The summed E-state index contributed by atoms with van der Waals surface area (Å²) < 4.78 is 51.3. The summed E-state index contributed by atoms with van der Waals surface area (Å²) in [6, 6.07) is 2.41. The van der Waals surface area contributed by atoms with Crippen molar-refractivity contribution in [3.05, 3.63) is 47.3 Å². The minimum absolute atomic E-state index is 0.105. The first-order chi connectivity index (χ1) is 8.23. The molecule has 0 spiro atoms. The van der Waals surface area contributed by atoms with Crippen molar-refractivity contribution >= 4 is 0 Å². The van der Waals surface area contributed by atoms with Crippen LogP contribution >= 0.6 is 0 Å². The molecule has 0 bridgehead atoms. The van der Waals surface area contributed by atoms with Gasteiger partial charge in [0, 0.05) is 11.6 Å². The summed E-state index contributed by atoms with van der Waals surface area (Å²) in [6.45, 7) is 5.46. The molecule has 0 amide bonds. The molecule has 0 saturated heterocycles. The second-order valence-corrected chi connectivity index (χ2v) is 4.31. The lowest BCUT2D eigenvalue weighted by Crippen LogP contribution is -2.16. The number of nitrogens with two attached hydrogens (primary N) is 1. The molecule has 18 heavy (non-hydrogen) atoms. The maximum Gasteiger partial charge on any atom is 0.419 e. The fourth-order valence-electron chi connectivity index (χ4n) is 1.61. The molecular weight excluding hydrogens is 246 g/mol. The van der Waals surface area contributed by atoms with Crippen LogP contribution < -0.4 is 5.73 Å². The van der Waals surface area contributed by atoms with Crippen LogP contribution in [0.1, 0.15) is 36.9 Å². The van der Waals surface area contributed by atoms with Gasteiger partial charge in [-0.2, -0.15) is 13.2 Å². The van der Waals surface area contributed by atoms with Gasteiger partial charge in [0.2, 0.25) is 0 Å². The van der Waals surface area contributed by atoms with Crippen molar-refractivity contribution in [1.29, 1.82) is 0 Å². The van der Waals surface area contributed by atoms with Gasteiger partial charge in [0.15, 0.2) is 0 Å². The number of allylic oxidation sites excluding steroid dienone is 1. The molecule has 0 saturated carbocycles. The van der Waals surface area contributed by atoms with E-state index in [0.29, 0.717) is 18.9 Å². The van der Waals surface area contributed by atoms with Crippen LogP contribution in [0.2, 0.25) is 0 Å². The van der Waals surface area contributed by atoms with Crippen molar-refractivity contribution < 1.29 is 17.6 Å². The first-order valence-electron chi connectivity index (χ1n) is 5.49. The van der Waals surface area contributed by atoms with Crippen LogP contribution in [0, 0.1) is 5.82 Å². The summed E-state index contributed by atoms with van der Waals surface area (Å²) in [4.78, 5) is 0. The SMILES string of the molecule is C=C(C)CCC(N)c1cccc(C(F)(F)F)c1F. The molecule has 1 rings (SSSR count). The van der Waals surface area contributed by atoms with E-state index >= 15 is 0 Å². The molecule has 1 nitrogen and oxygen atoms in total. The molecule has 1 aromatic carbocycles. The van der Waals surface area contributed by atoms with E-state index in [-0.39, 0.29) is 5.56 Å². The molecule has 1 unspecified atom stereocenters. The summed E-state index contributed by atoms with van der Waals surface area (Å²) in [5, 5.41) is 0. The Kier molecular flexibility index (Phi) is 4.51. The average molecular weight is 261 g/mol. The van der Waals surface area contributed by atoms with Crippen LogP contribution in [0.15, 0.2) is 30.4 Å². The van der Waals surface area contributed by atoms with E-state index in [1.54, 1.807) is 6.92 Å². The van der Waals surface area contributed by atoms with Crippen molar-refractivity contribution in [1.82, 2.24) is 0 Å². The molecule has 5 heteroatoms. The summed E-state index contributed by atoms with van der Waals surface area (Å²) >= 11 is 0. The van der Waals surface area contributed by atoms with Crippen LogP contribution in [-0.4, -0.2) is 0 Å². The Balaban J connectivity index is 3.00. The molecule has 0 heterocycles. The number of alkyl halides is 3. The Morgan fingerprint density at radius 2 is 2.00 bits per heavy atom. The average Bonchev–Trinajstić information content (AvgIpc) is 2.24. The van der Waals surface area contributed by atoms with Crippen LogP contribution in [0.4, 0.5) is 17.6 Å². The lowest BCUT2D eigenvalue weighted by molar-refractivity contribution is -0.140. The van der Waals surface area contributed by atoms with Crippen molar-refractivity contribution in [2.75, 3.05) is 0 Å². The highest BCUT2D eigenvalue weighted by Gasteiger charge is 2.35. The van der Waals surface area contributed by atoms with Gasteiger partial charge in [0.25, 0.3) is 0 Å². The topological polar surface area (TPSA) is 26.0 Å². The predicted molar refractivity (Wildman–Crippen MR) is 62.4 cm³/mol. The highest BCUT2D eigenvalue weighted by molar-refractivity contribution is 5.30. The number of rotatable bonds is 4. The molecule has 0 aromatic heterocycles. The normalized spacial score (nSPS) is 13.4. The third-order valence-electron chi connectivity index (χ3n) is 2.62. The second-order valence-electron chi connectivity index (χ2n) is 4.31. The summed E-state index contributed by atoms with van der Waals surface area (Å²) in [5.74, 6) is -1.28. The first-order valence-corrected chi connectivity index (χ1v) is 5.49. The Morgan fingerprint density at radius 1 is 1.39 bits per heavy atom. The lowest BCUT2D eigenvalue weighted by Gasteiger charge is -2.16. The number of benzene rings is 1. The van der Waals surface area contributed by atoms with E-state index in [2.05, 4.69) is 6.58 Å². The van der Waals surface area contributed by atoms with Crippen molar-refractivity contribution in [3.8, 4) is 0 Å². The van der Waals surface area contributed by atoms with Gasteiger partial charge in [-0.1, -0.05) is 17.7 Å². The Bertz CT molecular complexity index is 437. The molecule has 0 radical (unpaired) electrons. The molecule has 0 fully saturated rings. The third-order valence-corrected chi connectivity index (χ3v) is 2.62. The molecule has 0 aliphatic rings. The quantitative estimate of drug-likeness (QED) is 0.638. The standard InChI is InChI=1S/C13H15F4N/c1-8(2)6-7-11(18)9-4-3-5-10(12(9)14)13(15,16)17/h3-5,11H,1,6-7,18H2,2H3. The van der Waals surface area contributed by atoms with E-state index in [4.69, 9.17) is 5.73 Å². The lowest BCUT2D eigenvalue weighted by atomic mass is 9.98. The molecule has 2 N–H and O–H groups in total. The molecule has 100 valence electrons. The number of hydrogen-bond donors (Lipinski definition) is 1. The Labute approximate surface area is 103 Å². The largest absolute Gasteiger partial charge is 0.419 e. The fourth-order valence-corrected chi connectivity index (χ4v) is 1.61. The van der Waals surface area contributed by atoms with Gasteiger partial charge in [0.1, 0.15) is 5.82 Å². The van der Waals surface area contributed by atoms with Gasteiger partial charge in [0.05, 0.1) is 5.56 Å². The van der Waals surface area contributed by atoms with Gasteiger partial charge in [-0.3, -0.25) is 0 Å². The zero-order valence-electron chi connectivity index (χ0n) is 10.0. The van der Waals surface area contributed by atoms with Gasteiger partial charge in [-0.15, -0.1) is 6.58 Å². The molecule has 0 aliphatic carbocycles. The molecular formula is C13H15F4N. The fraction of sp³-hybridized carbons (Fsp3) is 0.385. The van der Waals surface area contributed by atoms with E-state index < -0.39 is 23.6 Å². The third kappa shape index (κ3) is 3.57. The Morgan fingerprint density at radius 3 is 2.50 bits per heavy atom. The first kappa shape index (κ1) is 14.7. The van der Waals surface area contributed by atoms with E-state index in [0.717, 1.165) is 5.57 Å². The summed E-state index contributed by atoms with van der Waals surface area (Å²) in [6.07, 6.45) is -3.78. The van der Waals surface area contributed by atoms with Crippen LogP contribution in [0.25, 0.3) is 0 Å². The second kappa shape index (κ2) is 5.52. The van der Waals surface area contributed by atoms with Gasteiger partial charge < -0.3 is 5.73 Å². The van der Waals surface area contributed by atoms with E-state index in [1.807, 2.05) is 0 Å². The summed E-state index contributed by atoms with van der Waals surface area (Å²) in [5.41, 5.74) is 5.19. The summed E-state index contributed by atoms with van der Waals surface area (Å²) in [7, 11) is 0. The van der Waals surface area contributed by atoms with Crippen molar-refractivity contribution in [2.45, 2.75) is 32.0 Å². The maximum absolute atomic E-state index is 13.7. The van der Waals surface area contributed by atoms with Crippen molar-refractivity contribution in [2.24, 2.45) is 5.73 Å². The van der Waals surface area contributed by atoms with E-state index in [9.17, 15) is 17.6 Å². The highest BCUT2D eigenvalue weighted by Crippen LogP contribution is 2.34. The van der Waals surface area contributed by atoms with Gasteiger partial charge >= 0.3 is 6.18 Å². The zero-order valence-corrected chi connectivity index (χ0v) is 10.0. The van der Waals surface area contributed by atoms with Crippen LogP contribution in [-0.2, 0) is 6.18 Å². The molecule has 1 aromatic rings. The Hall–Kier alpha value is -1.36. The molecule has 0 aliphatic heterocycles. The smallest absolute Gasteiger partial charge is 0.324 e. The van der Waals surface area contributed by atoms with Crippen LogP contribution in [0.5, 0.6) is 0 Å². The predicted octanol–water partition coefficient (Wildman–Crippen LogP) is 4.20. The van der Waals surface area contributed by atoms with E-state index in [1.165, 1.54) is 12.1 Å². The van der Waals surface area contributed by atoms with Gasteiger partial charge in [-0.05, 0) is 25.8 Å². The monoisotopic (exact) mass is 261 g/mol. The van der Waals surface area contributed by atoms with Gasteiger partial charge in [-0.25, -0.2) is 4.39 Å². The van der Waals surface area contributed by atoms with Crippen molar-refractivity contribution in [3.63, 3.8) is 0 Å².